The summed E-state index contributed by atoms with van der Waals surface area (Å²) in [6.07, 6.45) is 2.50. The first kappa shape index (κ1) is 11.4. The number of ether oxygens (including phenoxy) is 1. The Balaban J connectivity index is 2.23. The van der Waals surface area contributed by atoms with Crippen molar-refractivity contribution in [2.45, 2.75) is 19.1 Å². The standard InChI is InChI=1S/C11H17NO4/c1-16-11(15)8-4-12-10(14)9-6(5-13)2-3-7(8)9/h4,6-7,9-10,12-14H,2-3,5H2,1H3/t6?,7-,9-,10+/m1/s1. The van der Waals surface area contributed by atoms with E-state index in [1.54, 1.807) is 0 Å². The summed E-state index contributed by atoms with van der Waals surface area (Å²) in [6.45, 7) is 0.0500. The van der Waals surface area contributed by atoms with Crippen LogP contribution in [0.3, 0.4) is 0 Å². The summed E-state index contributed by atoms with van der Waals surface area (Å²) >= 11 is 0. The van der Waals surface area contributed by atoms with E-state index in [9.17, 15) is 15.0 Å². The number of hydrogen-bond donors (Lipinski definition) is 3. The Labute approximate surface area is 94.1 Å². The number of fused-ring (bicyclic) bond motifs is 1. The van der Waals surface area contributed by atoms with Crippen LogP contribution < -0.4 is 5.32 Å². The zero-order valence-corrected chi connectivity index (χ0v) is 9.22. The summed E-state index contributed by atoms with van der Waals surface area (Å²) in [5, 5.41) is 21.8. The van der Waals surface area contributed by atoms with E-state index in [1.165, 1.54) is 13.3 Å². The van der Waals surface area contributed by atoms with Crippen molar-refractivity contribution in [2.75, 3.05) is 13.7 Å². The van der Waals surface area contributed by atoms with Crippen LogP contribution in [0.15, 0.2) is 11.8 Å². The second-order valence-electron chi connectivity index (χ2n) is 4.41. The summed E-state index contributed by atoms with van der Waals surface area (Å²) in [5.74, 6) is -0.390. The number of nitrogens with one attached hydrogen (secondary N) is 1. The van der Waals surface area contributed by atoms with Gasteiger partial charge in [0.1, 0.15) is 6.23 Å². The normalized spacial score (nSPS) is 37.3. The molecule has 0 bridgehead atoms. The Kier molecular flexibility index (Phi) is 3.16. The van der Waals surface area contributed by atoms with Gasteiger partial charge in [-0.2, -0.15) is 0 Å². The summed E-state index contributed by atoms with van der Waals surface area (Å²) in [5.41, 5.74) is 0.578. The van der Waals surface area contributed by atoms with Crippen LogP contribution in [-0.4, -0.2) is 36.1 Å². The molecule has 3 N–H and O–H groups in total. The lowest BCUT2D eigenvalue weighted by Gasteiger charge is -2.33. The number of esters is 1. The van der Waals surface area contributed by atoms with E-state index in [0.29, 0.717) is 5.57 Å². The third-order valence-corrected chi connectivity index (χ3v) is 3.69. The maximum Gasteiger partial charge on any atom is 0.335 e. The molecule has 2 rings (SSSR count). The molecule has 90 valence electrons. The molecule has 5 heteroatoms. The highest BCUT2D eigenvalue weighted by atomic mass is 16.5. The van der Waals surface area contributed by atoms with E-state index in [-0.39, 0.29) is 30.3 Å². The minimum absolute atomic E-state index is 0.000787. The number of aliphatic hydroxyl groups is 2. The molecule has 0 spiro atoms. The van der Waals surface area contributed by atoms with Crippen LogP contribution in [0.2, 0.25) is 0 Å². The molecule has 1 fully saturated rings. The largest absolute Gasteiger partial charge is 0.466 e. The topological polar surface area (TPSA) is 78.8 Å². The van der Waals surface area contributed by atoms with Gasteiger partial charge in [-0.1, -0.05) is 0 Å². The third-order valence-electron chi connectivity index (χ3n) is 3.69. The highest BCUT2D eigenvalue weighted by molar-refractivity contribution is 5.89. The Morgan fingerprint density at radius 1 is 1.62 bits per heavy atom. The Bertz CT molecular complexity index is 315. The number of methoxy groups -OCH3 is 1. The molecule has 2 aliphatic rings. The predicted molar refractivity (Wildman–Crippen MR) is 56.0 cm³/mol. The minimum Gasteiger partial charge on any atom is -0.466 e. The average molecular weight is 227 g/mol. The van der Waals surface area contributed by atoms with Gasteiger partial charge in [-0.05, 0) is 24.7 Å². The molecule has 1 unspecified atom stereocenters. The van der Waals surface area contributed by atoms with Gasteiger partial charge in [0, 0.05) is 18.7 Å². The van der Waals surface area contributed by atoms with Gasteiger partial charge in [-0.3, -0.25) is 0 Å². The molecule has 1 aliphatic carbocycles. The third kappa shape index (κ3) is 1.70. The van der Waals surface area contributed by atoms with E-state index < -0.39 is 6.23 Å². The van der Waals surface area contributed by atoms with Crippen LogP contribution in [0.4, 0.5) is 0 Å². The molecule has 0 radical (unpaired) electrons. The predicted octanol–water partition coefficient (Wildman–Crippen LogP) is -0.400. The van der Waals surface area contributed by atoms with Crippen molar-refractivity contribution >= 4 is 5.97 Å². The molecule has 4 atom stereocenters. The molecule has 1 aliphatic heterocycles. The molecule has 1 heterocycles. The first-order valence-corrected chi connectivity index (χ1v) is 5.52. The fraction of sp³-hybridized carbons (Fsp3) is 0.727. The fourth-order valence-corrected chi connectivity index (χ4v) is 2.88. The molecule has 0 aromatic heterocycles. The summed E-state index contributed by atoms with van der Waals surface area (Å²) in [4.78, 5) is 11.5. The minimum atomic E-state index is -0.682. The number of aliphatic hydroxyl groups excluding tert-OH is 2. The van der Waals surface area contributed by atoms with Crippen LogP contribution in [0.5, 0.6) is 0 Å². The summed E-state index contributed by atoms with van der Waals surface area (Å²) in [7, 11) is 1.35. The van der Waals surface area contributed by atoms with Crippen molar-refractivity contribution in [3.63, 3.8) is 0 Å². The Morgan fingerprint density at radius 2 is 2.38 bits per heavy atom. The van der Waals surface area contributed by atoms with Crippen LogP contribution in [0.1, 0.15) is 12.8 Å². The Hall–Kier alpha value is -1.07. The van der Waals surface area contributed by atoms with Crippen LogP contribution in [0.25, 0.3) is 0 Å². The van der Waals surface area contributed by atoms with Gasteiger partial charge in [0.15, 0.2) is 0 Å². The number of hydrogen-bond acceptors (Lipinski definition) is 5. The van der Waals surface area contributed by atoms with Gasteiger partial charge in [-0.25, -0.2) is 4.79 Å². The van der Waals surface area contributed by atoms with Gasteiger partial charge in [0.2, 0.25) is 0 Å². The number of carbonyl (C=O) groups excluding carboxylic acids is 1. The molecule has 5 nitrogen and oxygen atoms in total. The summed E-state index contributed by atoms with van der Waals surface area (Å²) < 4.78 is 4.71. The maximum absolute atomic E-state index is 11.5. The zero-order valence-electron chi connectivity index (χ0n) is 9.22. The second-order valence-corrected chi connectivity index (χ2v) is 4.41. The zero-order chi connectivity index (χ0) is 11.7. The molecular formula is C11H17NO4. The highest BCUT2D eigenvalue weighted by Crippen LogP contribution is 2.44. The van der Waals surface area contributed by atoms with Gasteiger partial charge >= 0.3 is 5.97 Å². The van der Waals surface area contributed by atoms with Crippen molar-refractivity contribution in [2.24, 2.45) is 17.8 Å². The monoisotopic (exact) mass is 227 g/mol. The van der Waals surface area contributed by atoms with Gasteiger partial charge in [0.05, 0.1) is 12.7 Å². The van der Waals surface area contributed by atoms with E-state index in [4.69, 9.17) is 4.74 Å². The van der Waals surface area contributed by atoms with Gasteiger partial charge in [0.25, 0.3) is 0 Å². The smallest absolute Gasteiger partial charge is 0.335 e. The molecule has 0 saturated heterocycles. The lowest BCUT2D eigenvalue weighted by Crippen LogP contribution is -2.44. The maximum atomic E-state index is 11.5. The average Bonchev–Trinajstić information content (AvgIpc) is 2.73. The van der Waals surface area contributed by atoms with Crippen molar-refractivity contribution in [1.29, 1.82) is 0 Å². The molecule has 16 heavy (non-hydrogen) atoms. The quantitative estimate of drug-likeness (QED) is 0.559. The van der Waals surface area contributed by atoms with Crippen LogP contribution >= 0.6 is 0 Å². The fourth-order valence-electron chi connectivity index (χ4n) is 2.88. The lowest BCUT2D eigenvalue weighted by molar-refractivity contribution is -0.137. The van der Waals surface area contributed by atoms with Gasteiger partial charge in [-0.15, -0.1) is 0 Å². The van der Waals surface area contributed by atoms with Crippen LogP contribution in [0, 0.1) is 17.8 Å². The van der Waals surface area contributed by atoms with Crippen LogP contribution in [-0.2, 0) is 9.53 Å². The second kappa shape index (κ2) is 4.43. The summed E-state index contributed by atoms with van der Waals surface area (Å²) in [6, 6.07) is 0. The van der Waals surface area contributed by atoms with Crippen molar-refractivity contribution in [1.82, 2.24) is 5.32 Å². The van der Waals surface area contributed by atoms with Crippen molar-refractivity contribution in [3.8, 4) is 0 Å². The van der Waals surface area contributed by atoms with E-state index in [0.717, 1.165) is 12.8 Å². The molecule has 0 aromatic rings. The SMILES string of the molecule is COC(=O)C1=CN[C@@H](O)[C@@H]2C(CO)CC[C@H]12. The van der Waals surface area contributed by atoms with E-state index >= 15 is 0 Å². The molecule has 0 aromatic carbocycles. The number of carbonyl (C=O) groups is 1. The molecule has 0 amide bonds. The first-order chi connectivity index (χ1) is 7.69. The van der Waals surface area contributed by atoms with Crippen molar-refractivity contribution < 1.29 is 19.7 Å². The van der Waals surface area contributed by atoms with Crippen molar-refractivity contribution in [3.05, 3.63) is 11.8 Å². The Morgan fingerprint density at radius 3 is 3.00 bits per heavy atom. The lowest BCUT2D eigenvalue weighted by atomic mass is 9.81. The van der Waals surface area contributed by atoms with E-state index in [1.807, 2.05) is 0 Å². The van der Waals surface area contributed by atoms with E-state index in [2.05, 4.69) is 5.32 Å². The molecular weight excluding hydrogens is 210 g/mol. The highest BCUT2D eigenvalue weighted by Gasteiger charge is 2.45. The molecule has 1 saturated carbocycles. The number of rotatable bonds is 2. The first-order valence-electron chi connectivity index (χ1n) is 5.52. The van der Waals surface area contributed by atoms with Gasteiger partial charge < -0.3 is 20.3 Å².